The van der Waals surface area contributed by atoms with Gasteiger partial charge in [-0.3, -0.25) is 28.1 Å². The van der Waals surface area contributed by atoms with Gasteiger partial charge in [0.15, 0.2) is 17.8 Å². The fourth-order valence-corrected chi connectivity index (χ4v) is 11.7. The Kier molecular flexibility index (Phi) is 8.84. The lowest BCUT2D eigenvalue weighted by Crippen LogP contribution is -2.45. The summed E-state index contributed by atoms with van der Waals surface area (Å²) in [5.41, 5.74) is 2.11. The van der Waals surface area contributed by atoms with Crippen LogP contribution in [-0.2, 0) is 17.3 Å². The summed E-state index contributed by atoms with van der Waals surface area (Å²) in [7, 11) is 1.69. The first-order valence-electron chi connectivity index (χ1n) is 22.7. The van der Waals surface area contributed by atoms with Crippen molar-refractivity contribution < 1.29 is 27.2 Å². The molecule has 1 saturated carbocycles. The topological polar surface area (TPSA) is 156 Å². The van der Waals surface area contributed by atoms with Crippen LogP contribution in [0.2, 0.25) is 0 Å². The lowest BCUT2D eigenvalue weighted by Gasteiger charge is -2.37. The molecule has 2 saturated heterocycles. The summed E-state index contributed by atoms with van der Waals surface area (Å²) in [6.45, 7) is 10.0. The number of amides is 1. The monoisotopic (exact) mass is 912 g/mol. The van der Waals surface area contributed by atoms with E-state index in [2.05, 4.69) is 41.2 Å². The molecule has 3 aliphatic heterocycles. The number of aryl methyl sites for hydroxylation is 3. The smallest absolute Gasteiger partial charge is 0.376 e. The lowest BCUT2D eigenvalue weighted by molar-refractivity contribution is -0.0592. The van der Waals surface area contributed by atoms with Crippen molar-refractivity contribution in [1.29, 1.82) is 0 Å². The maximum absolute atomic E-state index is 17.7. The predicted octanol–water partition coefficient (Wildman–Crippen LogP) is 8.05. The summed E-state index contributed by atoms with van der Waals surface area (Å²) in [5, 5.41) is 14.2. The van der Waals surface area contributed by atoms with Crippen LogP contribution in [-0.4, -0.2) is 72.5 Å². The molecular formula is C49H47F3N10O5. The highest BCUT2D eigenvalue weighted by molar-refractivity contribution is 6.00. The highest BCUT2D eigenvalue weighted by atomic mass is 19.1. The molecule has 1 aliphatic carbocycles. The molecule has 0 spiro atoms. The third kappa shape index (κ3) is 5.93. The number of aromatic amines is 1. The van der Waals surface area contributed by atoms with E-state index in [9.17, 15) is 9.59 Å². The number of fused-ring (bicyclic) bond motifs is 6. The molecule has 6 atom stereocenters. The molecule has 2 bridgehead atoms. The van der Waals surface area contributed by atoms with E-state index >= 15 is 18.0 Å². The zero-order valence-corrected chi connectivity index (χ0v) is 37.7. The van der Waals surface area contributed by atoms with Gasteiger partial charge in [-0.25, -0.2) is 27.4 Å². The minimum absolute atomic E-state index is 0.0213. The first kappa shape index (κ1) is 41.5. The quantitative estimate of drug-likeness (QED) is 0.168. The Morgan fingerprint density at radius 3 is 2.39 bits per heavy atom. The lowest BCUT2D eigenvalue weighted by atomic mass is 9.83. The summed E-state index contributed by atoms with van der Waals surface area (Å²) in [6.07, 6.45) is 5.36. The van der Waals surface area contributed by atoms with Crippen LogP contribution in [0.4, 0.5) is 13.2 Å². The maximum atomic E-state index is 17.7. The first-order chi connectivity index (χ1) is 32.1. The summed E-state index contributed by atoms with van der Waals surface area (Å²) in [6, 6.07) is 12.7. The Hall–Kier alpha value is -6.95. The molecule has 1 N–H and O–H groups in total. The van der Waals surface area contributed by atoms with Crippen LogP contribution < -0.4 is 11.4 Å². The zero-order valence-electron chi connectivity index (χ0n) is 37.7. The molecule has 344 valence electrons. The molecule has 67 heavy (non-hydrogen) atoms. The second-order valence-corrected chi connectivity index (χ2v) is 19.6. The maximum Gasteiger partial charge on any atom is 0.438 e. The number of H-pyrrole nitrogens is 1. The average Bonchev–Trinajstić information content (AvgIpc) is 4.02. The van der Waals surface area contributed by atoms with Gasteiger partial charge in [0.25, 0.3) is 5.91 Å². The number of aromatic nitrogens is 9. The van der Waals surface area contributed by atoms with Crippen molar-refractivity contribution in [1.82, 2.24) is 48.3 Å². The molecule has 8 heterocycles. The van der Waals surface area contributed by atoms with Crippen molar-refractivity contribution in [3.63, 3.8) is 0 Å². The third-order valence-electron chi connectivity index (χ3n) is 15.0. The number of benzene rings is 3. The fourth-order valence-electron chi connectivity index (χ4n) is 11.7. The Labute approximate surface area is 380 Å². The number of nitrogens with zero attached hydrogens (tertiary/aromatic N) is 9. The van der Waals surface area contributed by atoms with Crippen LogP contribution in [0.1, 0.15) is 115 Å². The number of carbonyl (C=O) groups is 1. The van der Waals surface area contributed by atoms with Gasteiger partial charge in [0.2, 0.25) is 0 Å². The number of hydrogen-bond acceptors (Lipinski definition) is 8. The van der Waals surface area contributed by atoms with Crippen molar-refractivity contribution in [2.75, 3.05) is 6.61 Å². The van der Waals surface area contributed by atoms with E-state index in [1.54, 1.807) is 44.0 Å². The van der Waals surface area contributed by atoms with Crippen molar-refractivity contribution in [3.8, 4) is 17.2 Å². The van der Waals surface area contributed by atoms with Crippen LogP contribution in [0.15, 0.2) is 81.2 Å². The summed E-state index contributed by atoms with van der Waals surface area (Å²) in [5.74, 6) is -1.65. The predicted molar refractivity (Wildman–Crippen MR) is 240 cm³/mol. The van der Waals surface area contributed by atoms with Gasteiger partial charge in [0.1, 0.15) is 28.6 Å². The van der Waals surface area contributed by atoms with Crippen LogP contribution in [0.5, 0.6) is 0 Å². The molecule has 4 aliphatic rings. The van der Waals surface area contributed by atoms with Gasteiger partial charge in [-0.15, -0.1) is 0 Å². The Balaban J connectivity index is 1.04. The van der Waals surface area contributed by atoms with Gasteiger partial charge in [-0.1, -0.05) is 18.1 Å². The number of hydrogen-bond donors (Lipinski definition) is 1. The van der Waals surface area contributed by atoms with Crippen LogP contribution >= 0.6 is 0 Å². The highest BCUT2D eigenvalue weighted by Crippen LogP contribution is 2.57. The van der Waals surface area contributed by atoms with Gasteiger partial charge in [-0.2, -0.15) is 10.2 Å². The standard InChI is InChI=1S/C49H47F3N10O5/c1-24-17-30(18-25(2)39(24)50)62-43(59-15-14-58(47(59)65)35-11-9-33-31(40(35)51)23-53-57(33)6)38-34-10-12-36(41(52)42(38)55-62)60(34)44(63)37-20-29-19-27(28-13-16-66-48(4,5)22-28)7-8-32(29)61(37)49(21-26(49)3)45-54-46(64)67-56-45/h7-9,11,14-15,17-20,23,26,28,34,36,41H,10,12-13,16,21-22H2,1-6H3,(H,54,56,64)/t26-,28-,34-,36+,41-,49-/m0/s1. The van der Waals surface area contributed by atoms with Gasteiger partial charge < -0.3 is 14.2 Å². The molecular weight excluding hydrogens is 866 g/mol. The third-order valence-corrected chi connectivity index (χ3v) is 15.0. The SMILES string of the molecule is Cc1cc(-n2nc3c(c2-n2ccn(-c4ccc5c(cnn5C)c4F)c2=O)[C@@H]2CC[C@H]([C@@H]3F)N2C(=O)c2cc3cc([C@H]4CCOC(C)(C)C4)ccc3n2[C@@]2(c3noc(=O)[nH]3)C[C@@H]2C)cc(C)c1F. The van der Waals surface area contributed by atoms with E-state index in [0.29, 0.717) is 53.8 Å². The van der Waals surface area contributed by atoms with Crippen LogP contribution in [0, 0.1) is 31.4 Å². The Morgan fingerprint density at radius 2 is 1.67 bits per heavy atom. The number of carbonyl (C=O) groups excluding carboxylic acids is 1. The van der Waals surface area contributed by atoms with E-state index in [1.165, 1.54) is 43.2 Å². The van der Waals surface area contributed by atoms with Crippen LogP contribution in [0.3, 0.4) is 0 Å². The second kappa shape index (κ2) is 14.3. The zero-order chi connectivity index (χ0) is 46.6. The molecule has 1 amide bonds. The number of nitrogens with one attached hydrogen (secondary N) is 1. The molecule has 5 aromatic heterocycles. The van der Waals surface area contributed by atoms with E-state index in [1.807, 2.05) is 23.6 Å². The second-order valence-electron chi connectivity index (χ2n) is 19.6. The number of halogens is 3. The Bertz CT molecular complexity index is 3490. The normalized spacial score (nSPS) is 24.3. The van der Waals surface area contributed by atoms with Crippen molar-refractivity contribution in [3.05, 3.63) is 139 Å². The van der Waals surface area contributed by atoms with Gasteiger partial charge in [0.05, 0.1) is 46.2 Å². The van der Waals surface area contributed by atoms with Gasteiger partial charge in [-0.05, 0) is 131 Å². The molecule has 18 heteroatoms. The summed E-state index contributed by atoms with van der Waals surface area (Å²) in [4.78, 5) is 47.4. The molecule has 8 aromatic rings. The Morgan fingerprint density at radius 1 is 0.925 bits per heavy atom. The average molecular weight is 913 g/mol. The van der Waals surface area contributed by atoms with E-state index < -0.39 is 52.8 Å². The molecule has 0 radical (unpaired) electrons. The number of imidazole rings is 1. The van der Waals surface area contributed by atoms with E-state index in [0.717, 1.165) is 29.3 Å². The molecule has 3 fully saturated rings. The largest absolute Gasteiger partial charge is 0.438 e. The molecule has 15 nitrogen and oxygen atoms in total. The summed E-state index contributed by atoms with van der Waals surface area (Å²) >= 11 is 0. The number of ether oxygens (including phenoxy) is 1. The van der Waals surface area contributed by atoms with Crippen molar-refractivity contribution in [2.24, 2.45) is 13.0 Å². The highest BCUT2D eigenvalue weighted by Gasteiger charge is 2.60. The van der Waals surface area contributed by atoms with Crippen molar-refractivity contribution in [2.45, 2.75) is 102 Å². The van der Waals surface area contributed by atoms with E-state index in [4.69, 9.17) is 14.4 Å². The van der Waals surface area contributed by atoms with Gasteiger partial charge >= 0.3 is 11.4 Å². The molecule has 3 aromatic carbocycles. The number of rotatable bonds is 7. The molecule has 12 rings (SSSR count). The summed E-state index contributed by atoms with van der Waals surface area (Å²) < 4.78 is 67.5. The number of alkyl halides is 1. The van der Waals surface area contributed by atoms with Crippen LogP contribution in [0.25, 0.3) is 39.0 Å². The minimum atomic E-state index is -1.79. The van der Waals surface area contributed by atoms with Gasteiger partial charge in [0, 0.05) is 42.5 Å². The minimum Gasteiger partial charge on any atom is -0.376 e. The van der Waals surface area contributed by atoms with E-state index in [-0.39, 0.29) is 51.5 Å². The fraction of sp³-hybridized carbons (Fsp3) is 0.388. The van der Waals surface area contributed by atoms with Crippen molar-refractivity contribution >= 4 is 27.7 Å². The first-order valence-corrected chi connectivity index (χ1v) is 22.7. The molecule has 0 unspecified atom stereocenters.